The number of aliphatic hydroxyl groups is 1. The van der Waals surface area contributed by atoms with Gasteiger partial charge in [-0.05, 0) is 46.7 Å². The van der Waals surface area contributed by atoms with E-state index in [4.69, 9.17) is 0 Å². The van der Waals surface area contributed by atoms with Crippen molar-refractivity contribution in [3.63, 3.8) is 0 Å². The van der Waals surface area contributed by atoms with Crippen LogP contribution in [0, 0.1) is 11.6 Å². The highest BCUT2D eigenvalue weighted by atomic mass is 32.2. The predicted molar refractivity (Wildman–Crippen MR) is 99.2 cm³/mol. The number of nitrogens with one attached hydrogen (secondary N) is 2. The highest BCUT2D eigenvalue weighted by Gasteiger charge is 2.16. The largest absolute Gasteiger partial charge is 0.387 e. The molecule has 0 amide bonds. The standard InChI is InChI=1S/C17H15F2N3O3S2/c18-14-3-1-12(7-15(14)19)22-27(24,25)13-2-4-17(20-8-13)21-9-16(23)11-5-6-26-10-11/h1-8,10,16,22-23H,9H2,(H,20,21). The third-order valence-corrected chi connectivity index (χ3v) is 5.69. The first-order valence-electron chi connectivity index (χ1n) is 7.73. The highest BCUT2D eigenvalue weighted by molar-refractivity contribution is 7.92. The molecule has 2 aromatic heterocycles. The molecule has 0 saturated carbocycles. The second-order valence-electron chi connectivity index (χ2n) is 5.57. The Labute approximate surface area is 158 Å². The summed E-state index contributed by atoms with van der Waals surface area (Å²) in [5, 5.41) is 16.6. The van der Waals surface area contributed by atoms with E-state index in [-0.39, 0.29) is 17.1 Å². The Morgan fingerprint density at radius 3 is 2.59 bits per heavy atom. The Morgan fingerprint density at radius 2 is 1.96 bits per heavy atom. The third kappa shape index (κ3) is 4.79. The lowest BCUT2D eigenvalue weighted by molar-refractivity contribution is 0.192. The average Bonchev–Trinajstić information content (AvgIpc) is 3.18. The van der Waals surface area contributed by atoms with Crippen LogP contribution in [0.15, 0.2) is 58.3 Å². The summed E-state index contributed by atoms with van der Waals surface area (Å²) < 4.78 is 52.9. The van der Waals surface area contributed by atoms with E-state index in [1.54, 1.807) is 0 Å². The molecule has 0 aliphatic carbocycles. The minimum Gasteiger partial charge on any atom is -0.387 e. The van der Waals surface area contributed by atoms with E-state index in [1.807, 2.05) is 16.8 Å². The van der Waals surface area contributed by atoms with Gasteiger partial charge in [0.15, 0.2) is 11.6 Å². The van der Waals surface area contributed by atoms with Crippen LogP contribution in [0.2, 0.25) is 0 Å². The molecule has 1 atom stereocenters. The van der Waals surface area contributed by atoms with Crippen molar-refractivity contribution in [2.24, 2.45) is 0 Å². The number of hydrogen-bond donors (Lipinski definition) is 3. The van der Waals surface area contributed by atoms with Crippen LogP contribution in [0.25, 0.3) is 0 Å². The zero-order valence-electron chi connectivity index (χ0n) is 13.8. The molecule has 0 fully saturated rings. The monoisotopic (exact) mass is 411 g/mol. The zero-order chi connectivity index (χ0) is 19.4. The average molecular weight is 411 g/mol. The first kappa shape index (κ1) is 19.2. The van der Waals surface area contributed by atoms with Crippen LogP contribution >= 0.6 is 11.3 Å². The molecule has 2 heterocycles. The van der Waals surface area contributed by atoms with E-state index >= 15 is 0 Å². The van der Waals surface area contributed by atoms with Crippen LogP contribution in [-0.4, -0.2) is 25.1 Å². The van der Waals surface area contributed by atoms with Gasteiger partial charge in [-0.1, -0.05) is 0 Å². The molecule has 3 rings (SSSR count). The topological polar surface area (TPSA) is 91.3 Å². The number of thiophene rings is 1. The molecule has 0 aliphatic heterocycles. The van der Waals surface area contributed by atoms with Gasteiger partial charge in [0.2, 0.25) is 0 Å². The van der Waals surface area contributed by atoms with Crippen molar-refractivity contribution in [2.45, 2.75) is 11.0 Å². The van der Waals surface area contributed by atoms with Gasteiger partial charge in [0.25, 0.3) is 10.0 Å². The van der Waals surface area contributed by atoms with Crippen LogP contribution in [-0.2, 0) is 10.0 Å². The summed E-state index contributed by atoms with van der Waals surface area (Å²) in [6.07, 6.45) is 0.415. The molecular weight excluding hydrogens is 396 g/mol. The van der Waals surface area contributed by atoms with Gasteiger partial charge in [0.1, 0.15) is 10.7 Å². The molecule has 3 aromatic rings. The van der Waals surface area contributed by atoms with Gasteiger partial charge in [0, 0.05) is 18.8 Å². The molecule has 0 radical (unpaired) electrons. The fraction of sp³-hybridized carbons (Fsp3) is 0.118. The molecular formula is C17H15F2N3O3S2. The number of halogens is 2. The normalized spacial score (nSPS) is 12.6. The summed E-state index contributed by atoms with van der Waals surface area (Å²) >= 11 is 1.48. The number of anilines is 2. The van der Waals surface area contributed by atoms with Crippen molar-refractivity contribution in [3.05, 3.63) is 70.6 Å². The molecule has 0 bridgehead atoms. The predicted octanol–water partition coefficient (Wildman–Crippen LogP) is 3.37. The number of sulfonamides is 1. The minimum absolute atomic E-state index is 0.102. The van der Waals surface area contributed by atoms with Crippen LogP contribution < -0.4 is 10.0 Å². The van der Waals surface area contributed by atoms with E-state index in [0.29, 0.717) is 5.82 Å². The van der Waals surface area contributed by atoms with Crippen LogP contribution in [0.3, 0.4) is 0 Å². The number of rotatable bonds is 7. The Balaban J connectivity index is 1.65. The number of pyridine rings is 1. The van der Waals surface area contributed by atoms with Crippen molar-refractivity contribution in [3.8, 4) is 0 Å². The summed E-state index contributed by atoms with van der Waals surface area (Å²) in [7, 11) is -4.00. The fourth-order valence-electron chi connectivity index (χ4n) is 2.20. The molecule has 6 nitrogen and oxygen atoms in total. The van der Waals surface area contributed by atoms with Gasteiger partial charge < -0.3 is 10.4 Å². The van der Waals surface area contributed by atoms with Gasteiger partial charge >= 0.3 is 0 Å². The maximum absolute atomic E-state index is 13.2. The molecule has 0 saturated heterocycles. The second kappa shape index (κ2) is 7.99. The molecule has 3 N–H and O–H groups in total. The number of nitrogens with zero attached hydrogens (tertiary/aromatic N) is 1. The SMILES string of the molecule is O=S(=O)(Nc1ccc(F)c(F)c1)c1ccc(NCC(O)c2ccsc2)nc1. The highest BCUT2D eigenvalue weighted by Crippen LogP contribution is 2.20. The zero-order valence-corrected chi connectivity index (χ0v) is 15.4. The van der Waals surface area contributed by atoms with E-state index in [2.05, 4.69) is 15.0 Å². The van der Waals surface area contributed by atoms with E-state index in [0.717, 1.165) is 30.0 Å². The molecule has 27 heavy (non-hydrogen) atoms. The third-order valence-electron chi connectivity index (χ3n) is 3.62. The Hall–Kier alpha value is -2.56. The summed E-state index contributed by atoms with van der Waals surface area (Å²) in [6.45, 7) is 0.211. The summed E-state index contributed by atoms with van der Waals surface area (Å²) in [4.78, 5) is 3.86. The summed E-state index contributed by atoms with van der Waals surface area (Å²) in [5.74, 6) is -1.84. The molecule has 142 valence electrons. The first-order chi connectivity index (χ1) is 12.8. The van der Waals surface area contributed by atoms with Crippen molar-refractivity contribution in [1.82, 2.24) is 4.98 Å². The Kier molecular flexibility index (Phi) is 5.68. The summed E-state index contributed by atoms with van der Waals surface area (Å²) in [5.41, 5.74) is 0.678. The van der Waals surface area contributed by atoms with Gasteiger partial charge in [-0.3, -0.25) is 4.72 Å². The number of hydrogen-bond acceptors (Lipinski definition) is 6. The number of aliphatic hydroxyl groups excluding tert-OH is 1. The van der Waals surface area contributed by atoms with Gasteiger partial charge in [-0.15, -0.1) is 0 Å². The lowest BCUT2D eigenvalue weighted by Crippen LogP contribution is -2.15. The van der Waals surface area contributed by atoms with E-state index < -0.39 is 27.8 Å². The van der Waals surface area contributed by atoms with Crippen molar-refractivity contribution in [1.29, 1.82) is 0 Å². The fourth-order valence-corrected chi connectivity index (χ4v) is 3.90. The van der Waals surface area contributed by atoms with Crippen LogP contribution in [0.4, 0.5) is 20.3 Å². The summed E-state index contributed by atoms with van der Waals surface area (Å²) in [6, 6.07) is 7.27. The molecule has 1 aromatic carbocycles. The van der Waals surface area contributed by atoms with Gasteiger partial charge in [-0.2, -0.15) is 11.3 Å². The van der Waals surface area contributed by atoms with Crippen molar-refractivity contribution in [2.75, 3.05) is 16.6 Å². The second-order valence-corrected chi connectivity index (χ2v) is 8.03. The molecule has 0 aliphatic rings. The van der Waals surface area contributed by atoms with Gasteiger partial charge in [-0.25, -0.2) is 22.2 Å². The van der Waals surface area contributed by atoms with Crippen molar-refractivity contribution >= 4 is 32.9 Å². The van der Waals surface area contributed by atoms with Crippen LogP contribution in [0.1, 0.15) is 11.7 Å². The first-order valence-corrected chi connectivity index (χ1v) is 10.2. The lowest BCUT2D eigenvalue weighted by atomic mass is 10.2. The molecule has 1 unspecified atom stereocenters. The minimum atomic E-state index is -4.00. The van der Waals surface area contributed by atoms with E-state index in [9.17, 15) is 22.3 Å². The van der Waals surface area contributed by atoms with Crippen LogP contribution in [0.5, 0.6) is 0 Å². The maximum Gasteiger partial charge on any atom is 0.263 e. The Morgan fingerprint density at radius 1 is 1.15 bits per heavy atom. The number of aromatic nitrogens is 1. The quantitative estimate of drug-likeness (QED) is 0.555. The Bertz CT molecular complexity index is 1010. The van der Waals surface area contributed by atoms with E-state index in [1.165, 1.54) is 23.5 Å². The van der Waals surface area contributed by atoms with Crippen molar-refractivity contribution < 1.29 is 22.3 Å². The smallest absolute Gasteiger partial charge is 0.263 e. The van der Waals surface area contributed by atoms with Gasteiger partial charge in [0.05, 0.1) is 11.8 Å². The lowest BCUT2D eigenvalue weighted by Gasteiger charge is -2.12. The molecule has 10 heteroatoms. The maximum atomic E-state index is 13.2. The molecule has 0 spiro atoms. The number of benzene rings is 1.